The van der Waals surface area contributed by atoms with Crippen molar-refractivity contribution in [2.75, 3.05) is 13.2 Å². The van der Waals surface area contributed by atoms with Gasteiger partial charge in [0.1, 0.15) is 12.4 Å². The Kier molecular flexibility index (Phi) is 6.11. The zero-order valence-electron chi connectivity index (χ0n) is 10.7. The summed E-state index contributed by atoms with van der Waals surface area (Å²) in [6.07, 6.45) is -3.03. The third kappa shape index (κ3) is 7.03. The molecule has 0 fully saturated rings. The van der Waals surface area contributed by atoms with E-state index in [1.807, 2.05) is 13.0 Å². The molecule has 1 rings (SSSR count). The molecule has 0 saturated carbocycles. The summed E-state index contributed by atoms with van der Waals surface area (Å²) < 4.78 is 44.0. The van der Waals surface area contributed by atoms with E-state index in [-0.39, 0.29) is 12.6 Å². The molecule has 108 valence electrons. The van der Waals surface area contributed by atoms with E-state index >= 15 is 0 Å². The quantitative estimate of drug-likeness (QED) is 0.779. The topological polar surface area (TPSA) is 44.5 Å². The largest absolute Gasteiger partial charge is 0.522 e. The van der Waals surface area contributed by atoms with E-state index in [2.05, 4.69) is 4.74 Å². The predicted molar refractivity (Wildman–Crippen MR) is 65.9 cm³/mol. The van der Waals surface area contributed by atoms with Crippen molar-refractivity contribution in [3.05, 3.63) is 29.8 Å². The van der Waals surface area contributed by atoms with Gasteiger partial charge in [0, 0.05) is 6.04 Å². The molecule has 1 aromatic rings. The average Bonchev–Trinajstić information content (AvgIpc) is 2.34. The van der Waals surface area contributed by atoms with Crippen LogP contribution in [0, 0.1) is 0 Å². The van der Waals surface area contributed by atoms with Crippen LogP contribution in [0.25, 0.3) is 0 Å². The van der Waals surface area contributed by atoms with E-state index < -0.39 is 13.0 Å². The van der Waals surface area contributed by atoms with Crippen LogP contribution in [0.5, 0.6) is 5.75 Å². The minimum absolute atomic E-state index is 0.0730. The molecule has 1 atom stereocenters. The maximum absolute atomic E-state index is 11.7. The standard InChI is InChI=1S/C13H18F3NO2/c1-2-11(17)8-10-4-3-5-12(9-10)18-6-7-19-13(14,15)16/h3-5,9,11H,2,6-8,17H2,1H3. The number of halogens is 3. The van der Waals surface area contributed by atoms with Crippen molar-refractivity contribution in [2.24, 2.45) is 5.73 Å². The van der Waals surface area contributed by atoms with Crippen molar-refractivity contribution < 1.29 is 22.6 Å². The van der Waals surface area contributed by atoms with Crippen LogP contribution in [0.3, 0.4) is 0 Å². The molecule has 0 aliphatic rings. The minimum Gasteiger partial charge on any atom is -0.491 e. The van der Waals surface area contributed by atoms with Crippen LogP contribution < -0.4 is 10.5 Å². The van der Waals surface area contributed by atoms with Crippen molar-refractivity contribution in [3.63, 3.8) is 0 Å². The third-order valence-corrected chi connectivity index (χ3v) is 2.54. The molecule has 1 unspecified atom stereocenters. The summed E-state index contributed by atoms with van der Waals surface area (Å²) in [5.74, 6) is 0.520. The second kappa shape index (κ2) is 7.35. The Morgan fingerprint density at radius 3 is 2.63 bits per heavy atom. The van der Waals surface area contributed by atoms with Crippen molar-refractivity contribution in [1.29, 1.82) is 0 Å². The van der Waals surface area contributed by atoms with Crippen LogP contribution in [0.4, 0.5) is 13.2 Å². The molecule has 1 aromatic carbocycles. The monoisotopic (exact) mass is 277 g/mol. The SMILES string of the molecule is CCC(N)Cc1cccc(OCCOC(F)(F)F)c1. The highest BCUT2D eigenvalue weighted by Crippen LogP contribution is 2.17. The van der Waals surface area contributed by atoms with E-state index in [1.54, 1.807) is 18.2 Å². The first kappa shape index (κ1) is 15.8. The Bertz CT molecular complexity index is 382. The van der Waals surface area contributed by atoms with Crippen LogP contribution in [0.15, 0.2) is 24.3 Å². The molecule has 0 aliphatic carbocycles. The van der Waals surface area contributed by atoms with Gasteiger partial charge in [-0.1, -0.05) is 19.1 Å². The number of benzene rings is 1. The minimum atomic E-state index is -4.61. The Labute approximate surface area is 110 Å². The summed E-state index contributed by atoms with van der Waals surface area (Å²) in [5.41, 5.74) is 6.84. The van der Waals surface area contributed by atoms with Crippen molar-refractivity contribution >= 4 is 0 Å². The van der Waals surface area contributed by atoms with Gasteiger partial charge >= 0.3 is 6.36 Å². The van der Waals surface area contributed by atoms with Gasteiger partial charge in [-0.05, 0) is 30.5 Å². The smallest absolute Gasteiger partial charge is 0.491 e. The Balaban J connectivity index is 2.40. The van der Waals surface area contributed by atoms with E-state index in [9.17, 15) is 13.2 Å². The van der Waals surface area contributed by atoms with Crippen LogP contribution in [-0.4, -0.2) is 25.6 Å². The lowest BCUT2D eigenvalue weighted by Crippen LogP contribution is -2.21. The lowest BCUT2D eigenvalue weighted by Gasteiger charge is -2.11. The first-order chi connectivity index (χ1) is 8.90. The maximum Gasteiger partial charge on any atom is 0.522 e. The number of ether oxygens (including phenoxy) is 2. The average molecular weight is 277 g/mol. The van der Waals surface area contributed by atoms with Gasteiger partial charge in [0.2, 0.25) is 0 Å². The first-order valence-electron chi connectivity index (χ1n) is 6.08. The van der Waals surface area contributed by atoms with Gasteiger partial charge in [-0.2, -0.15) is 0 Å². The molecule has 0 amide bonds. The van der Waals surface area contributed by atoms with Crippen molar-refractivity contribution in [2.45, 2.75) is 32.2 Å². The predicted octanol–water partition coefficient (Wildman–Crippen LogP) is 2.88. The summed E-state index contributed by atoms with van der Waals surface area (Å²) >= 11 is 0. The molecule has 0 heterocycles. The zero-order chi connectivity index (χ0) is 14.3. The van der Waals surface area contributed by atoms with Gasteiger partial charge in [0.15, 0.2) is 0 Å². The highest BCUT2D eigenvalue weighted by molar-refractivity contribution is 5.29. The first-order valence-corrected chi connectivity index (χ1v) is 6.08. The zero-order valence-corrected chi connectivity index (χ0v) is 10.7. The fraction of sp³-hybridized carbons (Fsp3) is 0.538. The number of hydrogen-bond donors (Lipinski definition) is 1. The van der Waals surface area contributed by atoms with Crippen LogP contribution in [0.2, 0.25) is 0 Å². The molecular formula is C13H18F3NO2. The number of alkyl halides is 3. The Hall–Kier alpha value is -1.27. The molecule has 0 spiro atoms. The van der Waals surface area contributed by atoms with Crippen LogP contribution in [0.1, 0.15) is 18.9 Å². The van der Waals surface area contributed by atoms with Gasteiger partial charge in [-0.15, -0.1) is 13.2 Å². The lowest BCUT2D eigenvalue weighted by atomic mass is 10.0. The number of nitrogens with two attached hydrogens (primary N) is 1. The van der Waals surface area contributed by atoms with Gasteiger partial charge in [-0.25, -0.2) is 0 Å². The molecule has 19 heavy (non-hydrogen) atoms. The van der Waals surface area contributed by atoms with E-state index in [1.165, 1.54) is 0 Å². The maximum atomic E-state index is 11.7. The van der Waals surface area contributed by atoms with Gasteiger partial charge < -0.3 is 10.5 Å². The fourth-order valence-electron chi connectivity index (χ4n) is 1.53. The fourth-order valence-corrected chi connectivity index (χ4v) is 1.53. The van der Waals surface area contributed by atoms with Gasteiger partial charge in [0.25, 0.3) is 0 Å². The normalized spacial score (nSPS) is 13.3. The Morgan fingerprint density at radius 2 is 2.00 bits per heavy atom. The molecule has 0 aliphatic heterocycles. The molecule has 3 nitrogen and oxygen atoms in total. The second-order valence-electron chi connectivity index (χ2n) is 4.16. The molecule has 0 radical (unpaired) electrons. The highest BCUT2D eigenvalue weighted by atomic mass is 19.4. The van der Waals surface area contributed by atoms with E-state index in [0.717, 1.165) is 12.0 Å². The van der Waals surface area contributed by atoms with E-state index in [4.69, 9.17) is 10.5 Å². The Morgan fingerprint density at radius 1 is 1.26 bits per heavy atom. The van der Waals surface area contributed by atoms with Crippen LogP contribution >= 0.6 is 0 Å². The van der Waals surface area contributed by atoms with Crippen molar-refractivity contribution in [3.8, 4) is 5.75 Å². The number of rotatable bonds is 7. The summed E-state index contributed by atoms with van der Waals surface area (Å²) in [4.78, 5) is 0. The second-order valence-corrected chi connectivity index (χ2v) is 4.16. The molecular weight excluding hydrogens is 259 g/mol. The lowest BCUT2D eigenvalue weighted by molar-refractivity contribution is -0.325. The highest BCUT2D eigenvalue weighted by Gasteiger charge is 2.28. The summed E-state index contributed by atoms with van der Waals surface area (Å²) in [7, 11) is 0. The molecule has 0 saturated heterocycles. The van der Waals surface area contributed by atoms with Crippen LogP contribution in [-0.2, 0) is 11.2 Å². The molecule has 0 bridgehead atoms. The molecule has 2 N–H and O–H groups in total. The number of hydrogen-bond acceptors (Lipinski definition) is 3. The van der Waals surface area contributed by atoms with Gasteiger partial charge in [0.05, 0.1) is 6.61 Å². The van der Waals surface area contributed by atoms with Gasteiger partial charge in [-0.3, -0.25) is 4.74 Å². The summed E-state index contributed by atoms with van der Waals surface area (Å²) in [5, 5.41) is 0. The van der Waals surface area contributed by atoms with E-state index in [0.29, 0.717) is 12.2 Å². The molecule has 0 aromatic heterocycles. The third-order valence-electron chi connectivity index (χ3n) is 2.54. The summed E-state index contributed by atoms with van der Waals surface area (Å²) in [6, 6.07) is 7.24. The summed E-state index contributed by atoms with van der Waals surface area (Å²) in [6.45, 7) is 1.32. The van der Waals surface area contributed by atoms with Crippen molar-refractivity contribution in [1.82, 2.24) is 0 Å². The molecule has 6 heteroatoms.